The summed E-state index contributed by atoms with van der Waals surface area (Å²) in [5.41, 5.74) is 0. The first-order valence-corrected chi connectivity index (χ1v) is 5.23. The van der Waals surface area contributed by atoms with Crippen molar-refractivity contribution in [3.63, 3.8) is 0 Å². The first-order chi connectivity index (χ1) is 5.91. The molecule has 0 heteroatoms. The van der Waals surface area contributed by atoms with Gasteiger partial charge in [0.2, 0.25) is 0 Å². The van der Waals surface area contributed by atoms with Crippen molar-refractivity contribution < 1.29 is 0 Å². The quantitative estimate of drug-likeness (QED) is 0.386. The van der Waals surface area contributed by atoms with E-state index in [2.05, 4.69) is 38.2 Å². The Kier molecular flexibility index (Phi) is 10.0. The molecule has 0 heterocycles. The van der Waals surface area contributed by atoms with Crippen molar-refractivity contribution >= 4 is 0 Å². The van der Waals surface area contributed by atoms with Gasteiger partial charge in [0.1, 0.15) is 0 Å². The number of hydrogen-bond donors (Lipinski definition) is 0. The normalized spacial score (nSPS) is 11.8. The summed E-state index contributed by atoms with van der Waals surface area (Å²) >= 11 is 0. The highest BCUT2D eigenvalue weighted by molar-refractivity contribution is 5.01. The second-order valence-electron chi connectivity index (χ2n) is 3.11. The molecule has 0 nitrogen and oxygen atoms in total. The van der Waals surface area contributed by atoms with Gasteiger partial charge in [-0.1, -0.05) is 57.4 Å². The van der Waals surface area contributed by atoms with E-state index in [1.165, 1.54) is 32.1 Å². The van der Waals surface area contributed by atoms with Crippen molar-refractivity contribution in [2.45, 2.75) is 52.4 Å². The topological polar surface area (TPSA) is 0 Å². The van der Waals surface area contributed by atoms with Gasteiger partial charge in [-0.15, -0.1) is 0 Å². The fourth-order valence-electron chi connectivity index (χ4n) is 1.08. The number of unbranched alkanes of at least 4 members (excludes halogenated alkanes) is 4. The highest BCUT2D eigenvalue weighted by atomic mass is 13.9. The second kappa shape index (κ2) is 10.5. The van der Waals surface area contributed by atoms with Crippen LogP contribution in [0, 0.1) is 0 Å². The van der Waals surface area contributed by atoms with E-state index in [1.54, 1.807) is 0 Å². The molecule has 0 amide bonds. The van der Waals surface area contributed by atoms with Gasteiger partial charge in [0.15, 0.2) is 0 Å². The van der Waals surface area contributed by atoms with E-state index in [0.29, 0.717) is 0 Å². The molecule has 0 unspecified atom stereocenters. The summed E-state index contributed by atoms with van der Waals surface area (Å²) in [4.78, 5) is 0. The molecule has 0 aliphatic rings. The summed E-state index contributed by atoms with van der Waals surface area (Å²) in [6.45, 7) is 4.41. The molecule has 70 valence electrons. The standard InChI is InChI=1S/C12H22/c1-3-5-7-9-11-12-10-8-6-4-2/h5,7,9,11H,3-4,6,8,10,12H2,1-2H3/b7-5-,11-9+. The van der Waals surface area contributed by atoms with E-state index < -0.39 is 0 Å². The van der Waals surface area contributed by atoms with Crippen LogP contribution in [0.3, 0.4) is 0 Å². The molecular formula is C12H22. The number of allylic oxidation sites excluding steroid dienone is 4. The van der Waals surface area contributed by atoms with Crippen LogP contribution >= 0.6 is 0 Å². The van der Waals surface area contributed by atoms with Crippen molar-refractivity contribution in [1.82, 2.24) is 0 Å². The van der Waals surface area contributed by atoms with Crippen LogP contribution < -0.4 is 0 Å². The van der Waals surface area contributed by atoms with Crippen LogP contribution in [0.1, 0.15) is 52.4 Å². The molecule has 0 rings (SSSR count). The van der Waals surface area contributed by atoms with Crippen LogP contribution in [0.2, 0.25) is 0 Å². The minimum atomic E-state index is 1.14. The molecular weight excluding hydrogens is 144 g/mol. The SMILES string of the molecule is CC/C=C\C=C\CCCCCC. The highest BCUT2D eigenvalue weighted by Gasteiger charge is 1.82. The molecule has 12 heavy (non-hydrogen) atoms. The molecule has 0 aromatic carbocycles. The van der Waals surface area contributed by atoms with Gasteiger partial charge in [0.05, 0.1) is 0 Å². The lowest BCUT2D eigenvalue weighted by atomic mass is 10.1. The largest absolute Gasteiger partial charge is 0.0848 e. The van der Waals surface area contributed by atoms with Crippen molar-refractivity contribution in [2.75, 3.05) is 0 Å². The molecule has 0 atom stereocenters. The lowest BCUT2D eigenvalue weighted by Crippen LogP contribution is -1.72. The van der Waals surface area contributed by atoms with Gasteiger partial charge in [-0.25, -0.2) is 0 Å². The van der Waals surface area contributed by atoms with Crippen LogP contribution in [-0.4, -0.2) is 0 Å². The molecule has 0 spiro atoms. The molecule has 0 aromatic heterocycles. The molecule has 0 aromatic rings. The Bertz CT molecular complexity index is 120. The molecule has 0 aliphatic carbocycles. The summed E-state index contributed by atoms with van der Waals surface area (Å²) in [6, 6.07) is 0. The predicted octanol–water partition coefficient (Wildman–Crippen LogP) is 4.48. The summed E-state index contributed by atoms with van der Waals surface area (Å²) in [6.07, 6.45) is 16.6. The maximum Gasteiger partial charge on any atom is -0.0348 e. The lowest BCUT2D eigenvalue weighted by Gasteiger charge is -1.92. The van der Waals surface area contributed by atoms with Crippen LogP contribution in [0.4, 0.5) is 0 Å². The highest BCUT2D eigenvalue weighted by Crippen LogP contribution is 2.02. The zero-order valence-corrected chi connectivity index (χ0v) is 8.55. The fraction of sp³-hybridized carbons (Fsp3) is 0.667. The fourth-order valence-corrected chi connectivity index (χ4v) is 1.08. The van der Waals surface area contributed by atoms with Gasteiger partial charge in [0.25, 0.3) is 0 Å². The number of hydrogen-bond acceptors (Lipinski definition) is 0. The molecule has 0 N–H and O–H groups in total. The Labute approximate surface area is 77.4 Å². The maximum absolute atomic E-state index is 2.27. The zero-order chi connectivity index (χ0) is 9.07. The van der Waals surface area contributed by atoms with E-state index >= 15 is 0 Å². The maximum atomic E-state index is 2.27. The van der Waals surface area contributed by atoms with Gasteiger partial charge in [-0.3, -0.25) is 0 Å². The van der Waals surface area contributed by atoms with Crippen LogP contribution in [-0.2, 0) is 0 Å². The van der Waals surface area contributed by atoms with Gasteiger partial charge in [0, 0.05) is 0 Å². The summed E-state index contributed by atoms with van der Waals surface area (Å²) in [7, 11) is 0. The molecule has 0 radical (unpaired) electrons. The predicted molar refractivity (Wildman–Crippen MR) is 57.3 cm³/mol. The summed E-state index contributed by atoms with van der Waals surface area (Å²) < 4.78 is 0. The van der Waals surface area contributed by atoms with Crippen molar-refractivity contribution in [3.05, 3.63) is 24.3 Å². The molecule has 0 bridgehead atoms. The smallest absolute Gasteiger partial charge is 0.0348 e. The Morgan fingerprint density at radius 1 is 0.833 bits per heavy atom. The summed E-state index contributed by atoms with van der Waals surface area (Å²) in [5.74, 6) is 0. The van der Waals surface area contributed by atoms with Gasteiger partial charge < -0.3 is 0 Å². The van der Waals surface area contributed by atoms with Gasteiger partial charge >= 0.3 is 0 Å². The first-order valence-electron chi connectivity index (χ1n) is 5.23. The van der Waals surface area contributed by atoms with E-state index in [-0.39, 0.29) is 0 Å². The van der Waals surface area contributed by atoms with Crippen molar-refractivity contribution in [3.8, 4) is 0 Å². The minimum absolute atomic E-state index is 1.14. The van der Waals surface area contributed by atoms with Gasteiger partial charge in [-0.2, -0.15) is 0 Å². The van der Waals surface area contributed by atoms with E-state index in [1.807, 2.05) is 0 Å². The number of rotatable bonds is 7. The van der Waals surface area contributed by atoms with E-state index in [4.69, 9.17) is 0 Å². The van der Waals surface area contributed by atoms with Crippen LogP contribution in [0.5, 0.6) is 0 Å². The van der Waals surface area contributed by atoms with Gasteiger partial charge in [-0.05, 0) is 19.3 Å². The average Bonchev–Trinajstić information content (AvgIpc) is 2.10. The second-order valence-corrected chi connectivity index (χ2v) is 3.11. The third-order valence-electron chi connectivity index (χ3n) is 1.84. The Morgan fingerprint density at radius 2 is 1.58 bits per heavy atom. The van der Waals surface area contributed by atoms with Crippen LogP contribution in [0.15, 0.2) is 24.3 Å². The molecule has 0 saturated heterocycles. The Morgan fingerprint density at radius 3 is 2.25 bits per heavy atom. The van der Waals surface area contributed by atoms with E-state index in [9.17, 15) is 0 Å². The van der Waals surface area contributed by atoms with Crippen molar-refractivity contribution in [1.29, 1.82) is 0 Å². The lowest BCUT2D eigenvalue weighted by molar-refractivity contribution is 0.674. The average molecular weight is 166 g/mol. The third-order valence-corrected chi connectivity index (χ3v) is 1.84. The summed E-state index contributed by atoms with van der Waals surface area (Å²) in [5, 5.41) is 0. The van der Waals surface area contributed by atoms with Crippen molar-refractivity contribution in [2.24, 2.45) is 0 Å². The molecule has 0 fully saturated rings. The first kappa shape index (κ1) is 11.5. The third kappa shape index (κ3) is 9.48. The zero-order valence-electron chi connectivity index (χ0n) is 8.55. The van der Waals surface area contributed by atoms with Crippen LogP contribution in [0.25, 0.3) is 0 Å². The Balaban J connectivity index is 3.07. The Hall–Kier alpha value is -0.520. The minimum Gasteiger partial charge on any atom is -0.0848 e. The van der Waals surface area contributed by atoms with E-state index in [0.717, 1.165) is 6.42 Å². The monoisotopic (exact) mass is 166 g/mol. The molecule has 0 aliphatic heterocycles. The molecule has 0 saturated carbocycles.